The van der Waals surface area contributed by atoms with Gasteiger partial charge in [-0.3, -0.25) is 14.7 Å². The smallest absolute Gasteiger partial charge is 0.251 e. The summed E-state index contributed by atoms with van der Waals surface area (Å²) in [6.07, 6.45) is 8.04. The number of aromatic amines is 1. The van der Waals surface area contributed by atoms with Gasteiger partial charge in [-0.05, 0) is 61.4 Å². The second-order valence-corrected chi connectivity index (χ2v) is 8.55. The minimum absolute atomic E-state index is 0.0147. The molecule has 2 aromatic heterocycles. The summed E-state index contributed by atoms with van der Waals surface area (Å²) in [5.41, 5.74) is 2.77. The Kier molecular flexibility index (Phi) is 5.27. The van der Waals surface area contributed by atoms with Crippen molar-refractivity contribution in [1.82, 2.24) is 20.2 Å². The standard InChI is InChI=1S/C24H28N4O2/c29-23(19-5-4-18-7-12-26-22(18)15-19)27-16-21-6-8-24(30-21)9-13-28(14-10-24)17-20-3-1-2-11-25-20/h1-5,7,11-12,15,21,26H,6,8-10,13-14,16-17H2,(H,27,29)/t21-/m0/s1. The Hall–Kier alpha value is -2.70. The lowest BCUT2D eigenvalue weighted by atomic mass is 9.88. The fraction of sp³-hybridized carbons (Fsp3) is 0.417. The van der Waals surface area contributed by atoms with E-state index in [9.17, 15) is 4.79 Å². The first kappa shape index (κ1) is 19.3. The van der Waals surface area contributed by atoms with Crippen LogP contribution in [0.2, 0.25) is 0 Å². The number of benzene rings is 1. The molecule has 4 heterocycles. The summed E-state index contributed by atoms with van der Waals surface area (Å²) in [7, 11) is 0. The second-order valence-electron chi connectivity index (χ2n) is 8.55. The zero-order valence-electron chi connectivity index (χ0n) is 17.1. The number of aromatic nitrogens is 2. The fourth-order valence-electron chi connectivity index (χ4n) is 4.74. The first-order chi connectivity index (χ1) is 14.7. The zero-order chi connectivity index (χ0) is 20.4. The van der Waals surface area contributed by atoms with Crippen molar-refractivity contribution in [2.24, 2.45) is 0 Å². The van der Waals surface area contributed by atoms with Crippen LogP contribution in [0.3, 0.4) is 0 Å². The number of amides is 1. The van der Waals surface area contributed by atoms with Crippen molar-refractivity contribution in [3.05, 3.63) is 66.1 Å². The highest BCUT2D eigenvalue weighted by Crippen LogP contribution is 2.39. The van der Waals surface area contributed by atoms with E-state index < -0.39 is 0 Å². The van der Waals surface area contributed by atoms with Gasteiger partial charge in [-0.1, -0.05) is 12.1 Å². The van der Waals surface area contributed by atoms with Crippen LogP contribution in [0.25, 0.3) is 10.9 Å². The molecule has 2 fully saturated rings. The van der Waals surface area contributed by atoms with Crippen molar-refractivity contribution in [1.29, 1.82) is 0 Å². The number of carbonyl (C=O) groups excluding carboxylic acids is 1. The van der Waals surface area contributed by atoms with Crippen molar-refractivity contribution in [2.75, 3.05) is 19.6 Å². The van der Waals surface area contributed by atoms with Crippen molar-refractivity contribution in [2.45, 2.75) is 43.9 Å². The van der Waals surface area contributed by atoms with Gasteiger partial charge in [-0.2, -0.15) is 0 Å². The van der Waals surface area contributed by atoms with Gasteiger partial charge in [-0.15, -0.1) is 0 Å². The van der Waals surface area contributed by atoms with Gasteiger partial charge in [-0.25, -0.2) is 0 Å². The van der Waals surface area contributed by atoms with Gasteiger partial charge in [0.25, 0.3) is 5.91 Å². The Morgan fingerprint density at radius 1 is 1.20 bits per heavy atom. The highest BCUT2D eigenvalue weighted by atomic mass is 16.5. The molecule has 1 aromatic carbocycles. The number of carbonyl (C=O) groups is 1. The molecule has 2 saturated heterocycles. The Morgan fingerprint density at radius 2 is 2.10 bits per heavy atom. The van der Waals surface area contributed by atoms with Crippen LogP contribution in [0.5, 0.6) is 0 Å². The largest absolute Gasteiger partial charge is 0.370 e. The molecule has 0 bridgehead atoms. The van der Waals surface area contributed by atoms with Crippen LogP contribution in [-0.4, -0.2) is 52.1 Å². The highest BCUT2D eigenvalue weighted by molar-refractivity contribution is 5.97. The van der Waals surface area contributed by atoms with Crippen LogP contribution >= 0.6 is 0 Å². The van der Waals surface area contributed by atoms with Gasteiger partial charge in [0, 0.05) is 49.7 Å². The lowest BCUT2D eigenvalue weighted by Crippen LogP contribution is -2.45. The predicted molar refractivity (Wildman–Crippen MR) is 116 cm³/mol. The third-order valence-electron chi connectivity index (χ3n) is 6.53. The SMILES string of the molecule is O=C(NC[C@@H]1CCC2(CCN(Cc3ccccn3)CC2)O1)c1ccc2cc[nH]c2c1. The van der Waals surface area contributed by atoms with E-state index in [4.69, 9.17) is 4.74 Å². The number of hydrogen-bond acceptors (Lipinski definition) is 4. The van der Waals surface area contributed by atoms with Crippen LogP contribution in [0.15, 0.2) is 54.9 Å². The number of nitrogens with zero attached hydrogens (tertiary/aromatic N) is 2. The van der Waals surface area contributed by atoms with E-state index in [0.717, 1.165) is 61.9 Å². The molecule has 2 aliphatic heterocycles. The number of piperidine rings is 1. The third-order valence-corrected chi connectivity index (χ3v) is 6.53. The average molecular weight is 405 g/mol. The summed E-state index contributed by atoms with van der Waals surface area (Å²) < 4.78 is 6.47. The molecule has 0 radical (unpaired) electrons. The maximum atomic E-state index is 12.6. The van der Waals surface area contributed by atoms with E-state index in [1.165, 1.54) is 0 Å². The van der Waals surface area contributed by atoms with E-state index in [1.54, 1.807) is 0 Å². The molecule has 2 N–H and O–H groups in total. The lowest BCUT2D eigenvalue weighted by Gasteiger charge is -2.39. The van der Waals surface area contributed by atoms with Crippen molar-refractivity contribution >= 4 is 16.8 Å². The zero-order valence-corrected chi connectivity index (χ0v) is 17.1. The van der Waals surface area contributed by atoms with Crippen LogP contribution in [0.1, 0.15) is 41.7 Å². The Bertz CT molecular complexity index is 1010. The van der Waals surface area contributed by atoms with E-state index in [-0.39, 0.29) is 17.6 Å². The number of hydrogen-bond donors (Lipinski definition) is 2. The average Bonchev–Trinajstić information content (AvgIpc) is 3.41. The minimum Gasteiger partial charge on any atom is -0.370 e. The molecular formula is C24H28N4O2. The highest BCUT2D eigenvalue weighted by Gasteiger charge is 2.42. The summed E-state index contributed by atoms with van der Waals surface area (Å²) in [4.78, 5) is 22.6. The molecule has 3 aromatic rings. The number of H-pyrrole nitrogens is 1. The van der Waals surface area contributed by atoms with Crippen molar-refractivity contribution in [3.8, 4) is 0 Å². The summed E-state index contributed by atoms with van der Waals surface area (Å²) in [5.74, 6) is -0.0405. The number of ether oxygens (including phenoxy) is 1. The van der Waals surface area contributed by atoms with Crippen LogP contribution in [0.4, 0.5) is 0 Å². The van der Waals surface area contributed by atoms with Crippen LogP contribution in [-0.2, 0) is 11.3 Å². The van der Waals surface area contributed by atoms with Gasteiger partial charge in [0.2, 0.25) is 0 Å². The number of pyridine rings is 1. The van der Waals surface area contributed by atoms with Crippen molar-refractivity contribution < 1.29 is 9.53 Å². The molecule has 2 aliphatic rings. The number of likely N-dealkylation sites (tertiary alicyclic amines) is 1. The number of fused-ring (bicyclic) bond motifs is 1. The lowest BCUT2D eigenvalue weighted by molar-refractivity contribution is -0.0765. The van der Waals surface area contributed by atoms with E-state index in [2.05, 4.69) is 26.3 Å². The molecule has 5 rings (SSSR count). The third kappa shape index (κ3) is 4.11. The van der Waals surface area contributed by atoms with Crippen LogP contribution in [0, 0.1) is 0 Å². The molecule has 6 nitrogen and oxygen atoms in total. The Labute approximate surface area is 176 Å². The molecular weight excluding hydrogens is 376 g/mol. The fourth-order valence-corrected chi connectivity index (χ4v) is 4.74. The summed E-state index contributed by atoms with van der Waals surface area (Å²) in [6, 6.07) is 13.8. The predicted octanol–water partition coefficient (Wildman–Crippen LogP) is 3.51. The molecule has 1 spiro atoms. The van der Waals surface area contributed by atoms with Crippen LogP contribution < -0.4 is 5.32 Å². The molecule has 156 valence electrons. The molecule has 0 saturated carbocycles. The topological polar surface area (TPSA) is 70.2 Å². The summed E-state index contributed by atoms with van der Waals surface area (Å²) in [5, 5.41) is 4.18. The first-order valence-corrected chi connectivity index (χ1v) is 10.8. The first-order valence-electron chi connectivity index (χ1n) is 10.8. The monoisotopic (exact) mass is 404 g/mol. The van der Waals surface area contributed by atoms with Gasteiger partial charge in [0.15, 0.2) is 0 Å². The molecule has 1 atom stereocenters. The molecule has 30 heavy (non-hydrogen) atoms. The van der Waals surface area contributed by atoms with E-state index >= 15 is 0 Å². The maximum Gasteiger partial charge on any atom is 0.251 e. The Morgan fingerprint density at radius 3 is 2.93 bits per heavy atom. The summed E-state index contributed by atoms with van der Waals surface area (Å²) in [6.45, 7) is 3.54. The normalized spacial score (nSPS) is 21.3. The molecule has 0 aliphatic carbocycles. The van der Waals surface area contributed by atoms with Gasteiger partial charge >= 0.3 is 0 Å². The maximum absolute atomic E-state index is 12.6. The second kappa shape index (κ2) is 8.20. The van der Waals surface area contributed by atoms with E-state index in [0.29, 0.717) is 12.1 Å². The van der Waals surface area contributed by atoms with Gasteiger partial charge in [0.1, 0.15) is 0 Å². The Balaban J connectivity index is 1.10. The quantitative estimate of drug-likeness (QED) is 0.683. The van der Waals surface area contributed by atoms with Crippen molar-refractivity contribution in [3.63, 3.8) is 0 Å². The summed E-state index contributed by atoms with van der Waals surface area (Å²) >= 11 is 0. The van der Waals surface area contributed by atoms with Gasteiger partial charge < -0.3 is 15.0 Å². The number of nitrogens with one attached hydrogen (secondary N) is 2. The molecule has 0 unspecified atom stereocenters. The van der Waals surface area contributed by atoms with Gasteiger partial charge in [0.05, 0.1) is 17.4 Å². The van der Waals surface area contributed by atoms with E-state index in [1.807, 2.05) is 48.8 Å². The molecule has 1 amide bonds. The minimum atomic E-state index is -0.0405. The molecule has 6 heteroatoms. The number of rotatable bonds is 5.